The average Bonchev–Trinajstić information content (AvgIpc) is 3.56. The Morgan fingerprint density at radius 2 is 1.37 bits per heavy atom. The van der Waals surface area contributed by atoms with Gasteiger partial charge in [0.2, 0.25) is 0 Å². The van der Waals surface area contributed by atoms with Gasteiger partial charge in [0.25, 0.3) is 0 Å². The summed E-state index contributed by atoms with van der Waals surface area (Å²) in [5.74, 6) is 2.04. The number of aromatic nitrogens is 8. The van der Waals surface area contributed by atoms with E-state index >= 15 is 0 Å². The highest BCUT2D eigenvalue weighted by atomic mass is 32.2. The Hall–Kier alpha value is -2.45. The van der Waals surface area contributed by atoms with Crippen LogP contribution in [0.15, 0.2) is 53.7 Å². The van der Waals surface area contributed by atoms with Gasteiger partial charge in [0.05, 0.1) is 23.2 Å². The lowest BCUT2D eigenvalue weighted by Gasteiger charge is -2.08. The first-order valence-electron chi connectivity index (χ1n) is 8.81. The van der Waals surface area contributed by atoms with Crippen LogP contribution in [0.4, 0.5) is 0 Å². The van der Waals surface area contributed by atoms with Gasteiger partial charge in [-0.25, -0.2) is 28.4 Å². The largest absolute Gasteiger partial charge is 0.285 e. The molecule has 0 amide bonds. The topological polar surface area (TPSA) is 150 Å². The van der Waals surface area contributed by atoms with Crippen molar-refractivity contribution in [1.29, 1.82) is 0 Å². The molecule has 3 aromatic heterocycles. The Bertz CT molecular complexity index is 719. The zero-order valence-corrected chi connectivity index (χ0v) is 18.7. The summed E-state index contributed by atoms with van der Waals surface area (Å²) < 4.78 is 21.3. The van der Waals surface area contributed by atoms with Crippen molar-refractivity contribution in [2.45, 2.75) is 19.3 Å². The van der Waals surface area contributed by atoms with E-state index in [0.717, 1.165) is 25.8 Å². The summed E-state index contributed by atoms with van der Waals surface area (Å²) in [6.07, 6.45) is 11.7. The molecule has 11 nitrogen and oxygen atoms in total. The first-order chi connectivity index (χ1) is 14.7. The Morgan fingerprint density at radius 1 is 0.700 bits per heavy atom. The summed E-state index contributed by atoms with van der Waals surface area (Å²) in [6.45, 7) is 1.03. The van der Waals surface area contributed by atoms with Crippen molar-refractivity contribution in [3.8, 4) is 0 Å². The molecule has 0 radical (unpaired) electrons. The third-order valence-corrected chi connectivity index (χ3v) is 5.95. The number of aliphatic imine (C=N–C) groups is 1. The standard InChI is InChI=1S/C5H10O2S.2C3H3N3.C3H5NS.C2H2N2S/c6-8(7)4-2-1-3-5-8;1-4-2-6-3-5-1;1-2-5-6-3-4-1;1-2-5-3-4-1;1-3-4-2-5-1/h1-5H2;2*1-3H;3H,1-2H2;1-2H. The molecule has 0 bridgehead atoms. The van der Waals surface area contributed by atoms with Crippen LogP contribution in [-0.2, 0) is 9.84 Å². The van der Waals surface area contributed by atoms with Crippen LogP contribution in [0.3, 0.4) is 0 Å². The lowest BCUT2D eigenvalue weighted by Crippen LogP contribution is -2.15. The van der Waals surface area contributed by atoms with Gasteiger partial charge in [-0.3, -0.25) is 4.99 Å². The fourth-order valence-corrected chi connectivity index (χ4v) is 4.02. The van der Waals surface area contributed by atoms with E-state index in [1.807, 2.05) is 5.55 Å². The highest BCUT2D eigenvalue weighted by molar-refractivity contribution is 8.12. The van der Waals surface area contributed by atoms with E-state index in [4.69, 9.17) is 0 Å². The molecular formula is C16H23N9O2S3. The first-order valence-corrected chi connectivity index (χ1v) is 12.6. The molecule has 0 atom stereocenters. The van der Waals surface area contributed by atoms with Crippen LogP contribution in [0.1, 0.15) is 19.3 Å². The molecule has 0 N–H and O–H groups in total. The highest BCUT2D eigenvalue weighted by Crippen LogP contribution is 2.09. The molecule has 0 aromatic carbocycles. The van der Waals surface area contributed by atoms with Gasteiger partial charge < -0.3 is 0 Å². The molecular weight excluding hydrogens is 446 g/mol. The second-order valence-corrected chi connectivity index (χ2v) is 9.21. The van der Waals surface area contributed by atoms with Gasteiger partial charge in [-0.2, -0.15) is 5.10 Å². The molecule has 5 rings (SSSR count). The first kappa shape index (κ1) is 25.6. The molecule has 0 unspecified atom stereocenters. The van der Waals surface area contributed by atoms with E-state index in [0.29, 0.717) is 11.5 Å². The number of sulfone groups is 1. The second kappa shape index (κ2) is 18.6. The molecule has 5 heterocycles. The average molecular weight is 470 g/mol. The summed E-state index contributed by atoms with van der Waals surface area (Å²) in [6, 6.07) is 0. The predicted octanol–water partition coefficient (Wildman–Crippen LogP) is 1.63. The molecule has 2 aliphatic rings. The Balaban J connectivity index is 0.000000190. The molecule has 0 aliphatic carbocycles. The van der Waals surface area contributed by atoms with Crippen molar-refractivity contribution in [3.05, 3.63) is 48.7 Å². The Morgan fingerprint density at radius 3 is 1.57 bits per heavy atom. The SMILES string of the molecule is C1=NCCS1.O=S1(=O)CCCCC1.c1cnncn1.c1ncncn1.c1nncs1. The van der Waals surface area contributed by atoms with E-state index < -0.39 is 9.84 Å². The molecule has 3 aromatic rings. The molecule has 162 valence electrons. The summed E-state index contributed by atoms with van der Waals surface area (Å²) >= 11 is 3.27. The van der Waals surface area contributed by atoms with Gasteiger partial charge in [-0.05, 0) is 12.8 Å². The number of hydrogen-bond acceptors (Lipinski definition) is 13. The lowest BCUT2D eigenvalue weighted by atomic mass is 10.3. The monoisotopic (exact) mass is 469 g/mol. The minimum absolute atomic E-state index is 0.424. The molecule has 30 heavy (non-hydrogen) atoms. The summed E-state index contributed by atoms with van der Waals surface area (Å²) in [7, 11) is -2.58. The van der Waals surface area contributed by atoms with Gasteiger partial charge in [-0.1, -0.05) is 6.42 Å². The van der Waals surface area contributed by atoms with Gasteiger partial charge in [0.1, 0.15) is 46.2 Å². The molecule has 2 aliphatic heterocycles. The fraction of sp³-hybridized carbons (Fsp3) is 0.438. The molecule has 1 saturated heterocycles. The van der Waals surface area contributed by atoms with Crippen LogP contribution in [0.25, 0.3) is 0 Å². The van der Waals surface area contributed by atoms with Crippen LogP contribution < -0.4 is 0 Å². The van der Waals surface area contributed by atoms with Crippen LogP contribution >= 0.6 is 23.1 Å². The minimum atomic E-state index is -2.58. The van der Waals surface area contributed by atoms with Gasteiger partial charge in [0, 0.05) is 18.5 Å². The Labute approximate surface area is 183 Å². The quantitative estimate of drug-likeness (QED) is 0.472. The third kappa shape index (κ3) is 17.6. The minimum Gasteiger partial charge on any atom is -0.285 e. The number of hydrogen-bond donors (Lipinski definition) is 0. The number of thioether (sulfide) groups is 1. The van der Waals surface area contributed by atoms with E-state index in [9.17, 15) is 8.42 Å². The van der Waals surface area contributed by atoms with Gasteiger partial charge in [-0.15, -0.1) is 38.4 Å². The fourth-order valence-electron chi connectivity index (χ4n) is 1.73. The smallest absolute Gasteiger partial charge is 0.150 e. The van der Waals surface area contributed by atoms with Crippen molar-refractivity contribution in [2.75, 3.05) is 23.8 Å². The van der Waals surface area contributed by atoms with Crippen LogP contribution in [0.5, 0.6) is 0 Å². The normalized spacial score (nSPS) is 15.3. The third-order valence-electron chi connectivity index (χ3n) is 2.99. The Kier molecular flexibility index (Phi) is 15.8. The van der Waals surface area contributed by atoms with Crippen LogP contribution in [0.2, 0.25) is 0 Å². The van der Waals surface area contributed by atoms with Gasteiger partial charge in [0.15, 0.2) is 0 Å². The maximum atomic E-state index is 10.7. The van der Waals surface area contributed by atoms with Crippen LogP contribution in [0, 0.1) is 0 Å². The zero-order chi connectivity index (χ0) is 21.6. The maximum absolute atomic E-state index is 10.7. The summed E-state index contributed by atoms with van der Waals surface area (Å²) in [4.78, 5) is 18.2. The van der Waals surface area contributed by atoms with E-state index in [1.54, 1.807) is 29.0 Å². The molecule has 14 heteroatoms. The lowest BCUT2D eigenvalue weighted by molar-refractivity contribution is 0.575. The molecule has 0 saturated carbocycles. The van der Waals surface area contributed by atoms with Crippen molar-refractivity contribution in [2.24, 2.45) is 4.99 Å². The second-order valence-electron chi connectivity index (χ2n) is 5.26. The van der Waals surface area contributed by atoms with E-state index in [2.05, 4.69) is 45.3 Å². The van der Waals surface area contributed by atoms with E-state index in [1.165, 1.54) is 48.6 Å². The summed E-state index contributed by atoms with van der Waals surface area (Å²) in [5, 5.41) is 13.9. The maximum Gasteiger partial charge on any atom is 0.150 e. The number of nitrogens with zero attached hydrogens (tertiary/aromatic N) is 9. The van der Waals surface area contributed by atoms with Crippen molar-refractivity contribution >= 4 is 38.5 Å². The van der Waals surface area contributed by atoms with Crippen molar-refractivity contribution in [3.63, 3.8) is 0 Å². The van der Waals surface area contributed by atoms with Crippen molar-refractivity contribution < 1.29 is 8.42 Å². The zero-order valence-electron chi connectivity index (χ0n) is 16.2. The molecule has 0 spiro atoms. The van der Waals surface area contributed by atoms with Crippen molar-refractivity contribution in [1.82, 2.24) is 40.3 Å². The van der Waals surface area contributed by atoms with E-state index in [-0.39, 0.29) is 0 Å². The highest BCUT2D eigenvalue weighted by Gasteiger charge is 2.14. The predicted molar refractivity (Wildman–Crippen MR) is 118 cm³/mol. The van der Waals surface area contributed by atoms with Gasteiger partial charge >= 0.3 is 0 Å². The van der Waals surface area contributed by atoms with Crippen LogP contribution in [-0.4, -0.2) is 78.1 Å². The number of rotatable bonds is 0. The molecule has 1 fully saturated rings. The summed E-state index contributed by atoms with van der Waals surface area (Å²) in [5.41, 5.74) is 5.26.